The van der Waals surface area contributed by atoms with E-state index in [0.717, 1.165) is 5.56 Å². The molecule has 1 aromatic rings. The van der Waals surface area contributed by atoms with Crippen molar-refractivity contribution in [3.05, 3.63) is 48.0 Å². The van der Waals surface area contributed by atoms with E-state index in [9.17, 15) is 13.9 Å². The highest BCUT2D eigenvalue weighted by Crippen LogP contribution is 2.35. The Bertz CT molecular complexity index is 417. The fourth-order valence-electron chi connectivity index (χ4n) is 1.91. The Morgan fingerprint density at radius 1 is 1.22 bits per heavy atom. The zero-order chi connectivity index (χ0) is 13.2. The van der Waals surface area contributed by atoms with Gasteiger partial charge < -0.3 is 9.84 Å². The first kappa shape index (κ1) is 13.2. The van der Waals surface area contributed by atoms with Crippen molar-refractivity contribution < 1.29 is 18.6 Å². The summed E-state index contributed by atoms with van der Waals surface area (Å²) in [7, 11) is 0. The number of benzene rings is 1. The number of aliphatic hydroxyl groups is 1. The summed E-state index contributed by atoms with van der Waals surface area (Å²) in [4.78, 5) is 0. The number of hydrogen-bond donors (Lipinski definition) is 1. The molecule has 0 spiro atoms. The molecule has 0 fully saturated rings. The molecule has 1 aliphatic carbocycles. The molecule has 18 heavy (non-hydrogen) atoms. The van der Waals surface area contributed by atoms with E-state index >= 15 is 0 Å². The van der Waals surface area contributed by atoms with Gasteiger partial charge in [0.1, 0.15) is 12.2 Å². The van der Waals surface area contributed by atoms with Crippen molar-refractivity contribution in [2.45, 2.75) is 31.7 Å². The lowest BCUT2D eigenvalue weighted by molar-refractivity contribution is -0.180. The number of ether oxygens (including phenoxy) is 1. The molecule has 0 aliphatic heterocycles. The summed E-state index contributed by atoms with van der Waals surface area (Å²) in [6.07, 6.45) is 0.149. The molecule has 0 amide bonds. The first-order valence-electron chi connectivity index (χ1n) is 5.91. The van der Waals surface area contributed by atoms with Gasteiger partial charge in [-0.3, -0.25) is 0 Å². The second-order valence-electron chi connectivity index (χ2n) is 4.55. The Kier molecular flexibility index (Phi) is 3.78. The van der Waals surface area contributed by atoms with E-state index in [1.807, 2.05) is 30.3 Å². The second-order valence-corrected chi connectivity index (χ2v) is 4.55. The molecule has 2 rings (SSSR count). The number of hydrogen-bond acceptors (Lipinski definition) is 2. The van der Waals surface area contributed by atoms with Gasteiger partial charge >= 0.3 is 0 Å². The van der Waals surface area contributed by atoms with E-state index in [-0.39, 0.29) is 6.61 Å². The Labute approximate surface area is 105 Å². The number of alkyl halides is 2. The van der Waals surface area contributed by atoms with E-state index in [1.54, 1.807) is 0 Å². The molecular formula is C14H16F2O2. The van der Waals surface area contributed by atoms with Crippen LogP contribution in [0.25, 0.3) is 0 Å². The minimum absolute atomic E-state index is 0.206. The summed E-state index contributed by atoms with van der Waals surface area (Å²) in [5.41, 5.74) is 0.889. The fourth-order valence-corrected chi connectivity index (χ4v) is 1.91. The normalized spacial score (nSPS) is 30.3. The minimum Gasteiger partial charge on any atom is -0.384 e. The van der Waals surface area contributed by atoms with E-state index < -0.39 is 24.0 Å². The standard InChI is InChI=1S/C14H16F2O2/c1-10-7-8-12(13(17)14(10,15)16)18-9-11-5-3-2-4-6-11/h2-8,10,12-13,17H,9H2,1H3/t10-,12+,13+/m0/s1. The molecule has 0 saturated carbocycles. The van der Waals surface area contributed by atoms with Crippen LogP contribution in [0.2, 0.25) is 0 Å². The Morgan fingerprint density at radius 2 is 1.89 bits per heavy atom. The zero-order valence-corrected chi connectivity index (χ0v) is 10.1. The number of halogens is 2. The van der Waals surface area contributed by atoms with Crippen LogP contribution in [0.5, 0.6) is 0 Å². The van der Waals surface area contributed by atoms with Crippen molar-refractivity contribution in [3.8, 4) is 0 Å². The van der Waals surface area contributed by atoms with E-state index in [4.69, 9.17) is 4.74 Å². The SMILES string of the molecule is C[C@H]1C=C[C@@H](OCc2ccccc2)[C@@H](O)C1(F)F. The molecule has 1 aromatic carbocycles. The van der Waals surface area contributed by atoms with Crippen LogP contribution in [-0.2, 0) is 11.3 Å². The predicted molar refractivity (Wildman–Crippen MR) is 64.3 cm³/mol. The van der Waals surface area contributed by atoms with Crippen LogP contribution in [-0.4, -0.2) is 23.2 Å². The van der Waals surface area contributed by atoms with Crippen molar-refractivity contribution >= 4 is 0 Å². The van der Waals surface area contributed by atoms with Crippen LogP contribution in [0.4, 0.5) is 8.78 Å². The van der Waals surface area contributed by atoms with E-state index in [1.165, 1.54) is 19.1 Å². The first-order valence-corrected chi connectivity index (χ1v) is 5.91. The van der Waals surface area contributed by atoms with Gasteiger partial charge in [-0.1, -0.05) is 49.4 Å². The maximum Gasteiger partial charge on any atom is 0.282 e. The van der Waals surface area contributed by atoms with Gasteiger partial charge in [0.05, 0.1) is 6.61 Å². The van der Waals surface area contributed by atoms with E-state index in [2.05, 4.69) is 0 Å². The maximum absolute atomic E-state index is 13.6. The molecule has 2 nitrogen and oxygen atoms in total. The molecule has 0 bridgehead atoms. The smallest absolute Gasteiger partial charge is 0.282 e. The van der Waals surface area contributed by atoms with Crippen LogP contribution in [0.3, 0.4) is 0 Å². The lowest BCUT2D eigenvalue weighted by Crippen LogP contribution is -2.49. The molecule has 0 aromatic heterocycles. The third-order valence-corrected chi connectivity index (χ3v) is 3.19. The van der Waals surface area contributed by atoms with E-state index in [0.29, 0.717) is 0 Å². The Hall–Kier alpha value is -1.26. The molecule has 0 unspecified atom stereocenters. The highest BCUT2D eigenvalue weighted by Gasteiger charge is 2.49. The summed E-state index contributed by atoms with van der Waals surface area (Å²) in [5.74, 6) is -4.11. The molecule has 0 radical (unpaired) electrons. The van der Waals surface area contributed by atoms with Gasteiger partial charge in [-0.05, 0) is 5.56 Å². The molecule has 3 atom stereocenters. The van der Waals surface area contributed by atoms with Crippen LogP contribution < -0.4 is 0 Å². The first-order chi connectivity index (χ1) is 8.51. The number of aliphatic hydroxyl groups excluding tert-OH is 1. The van der Waals surface area contributed by atoms with Crippen molar-refractivity contribution in [1.29, 1.82) is 0 Å². The predicted octanol–water partition coefficient (Wildman–Crippen LogP) is 2.77. The van der Waals surface area contributed by atoms with Gasteiger partial charge in [0, 0.05) is 5.92 Å². The monoisotopic (exact) mass is 254 g/mol. The maximum atomic E-state index is 13.6. The van der Waals surface area contributed by atoms with Crippen LogP contribution in [0, 0.1) is 5.92 Å². The Balaban J connectivity index is 2.00. The third-order valence-electron chi connectivity index (χ3n) is 3.19. The second kappa shape index (κ2) is 5.16. The van der Waals surface area contributed by atoms with Gasteiger partial charge in [0.15, 0.2) is 0 Å². The van der Waals surface area contributed by atoms with Crippen molar-refractivity contribution in [1.82, 2.24) is 0 Å². The van der Waals surface area contributed by atoms with Crippen LogP contribution in [0.15, 0.2) is 42.5 Å². The third kappa shape index (κ3) is 2.60. The molecular weight excluding hydrogens is 238 g/mol. The number of allylic oxidation sites excluding steroid dienone is 1. The highest BCUT2D eigenvalue weighted by molar-refractivity contribution is 5.14. The van der Waals surface area contributed by atoms with Crippen LogP contribution >= 0.6 is 0 Å². The fraction of sp³-hybridized carbons (Fsp3) is 0.429. The van der Waals surface area contributed by atoms with Gasteiger partial charge in [-0.25, -0.2) is 8.78 Å². The summed E-state index contributed by atoms with van der Waals surface area (Å²) in [5, 5.41) is 9.62. The average molecular weight is 254 g/mol. The topological polar surface area (TPSA) is 29.5 Å². The van der Waals surface area contributed by atoms with Crippen molar-refractivity contribution in [2.75, 3.05) is 0 Å². The molecule has 98 valence electrons. The molecule has 1 aliphatic rings. The Morgan fingerprint density at radius 3 is 2.56 bits per heavy atom. The molecule has 1 N–H and O–H groups in total. The van der Waals surface area contributed by atoms with Gasteiger partial charge in [0.25, 0.3) is 5.92 Å². The van der Waals surface area contributed by atoms with Crippen molar-refractivity contribution in [2.24, 2.45) is 5.92 Å². The summed E-state index contributed by atoms with van der Waals surface area (Å²) < 4.78 is 32.5. The lowest BCUT2D eigenvalue weighted by Gasteiger charge is -2.34. The lowest BCUT2D eigenvalue weighted by atomic mass is 9.89. The summed E-state index contributed by atoms with van der Waals surface area (Å²) in [6.45, 7) is 1.59. The van der Waals surface area contributed by atoms with Crippen molar-refractivity contribution in [3.63, 3.8) is 0 Å². The summed E-state index contributed by atoms with van der Waals surface area (Å²) >= 11 is 0. The highest BCUT2D eigenvalue weighted by atomic mass is 19.3. The largest absolute Gasteiger partial charge is 0.384 e. The van der Waals surface area contributed by atoms with Gasteiger partial charge in [-0.15, -0.1) is 0 Å². The van der Waals surface area contributed by atoms with Gasteiger partial charge in [-0.2, -0.15) is 0 Å². The van der Waals surface area contributed by atoms with Crippen LogP contribution in [0.1, 0.15) is 12.5 Å². The molecule has 4 heteroatoms. The van der Waals surface area contributed by atoms with Gasteiger partial charge in [0.2, 0.25) is 0 Å². The molecule has 0 saturated heterocycles. The quantitative estimate of drug-likeness (QED) is 0.840. The summed E-state index contributed by atoms with van der Waals surface area (Å²) in [6, 6.07) is 9.26. The minimum atomic E-state index is -3.14. The zero-order valence-electron chi connectivity index (χ0n) is 10.1. The average Bonchev–Trinajstić information content (AvgIpc) is 2.37. The number of rotatable bonds is 3. The molecule has 0 heterocycles.